The van der Waals surface area contributed by atoms with E-state index in [0.29, 0.717) is 0 Å². The molecule has 1 unspecified atom stereocenters. The second kappa shape index (κ2) is 8.45. The van der Waals surface area contributed by atoms with Gasteiger partial charge in [0.25, 0.3) is 0 Å². The molecule has 3 aromatic carbocycles. The number of hydrogen-bond donors (Lipinski definition) is 1. The van der Waals surface area contributed by atoms with Gasteiger partial charge in [-0.05, 0) is 29.3 Å². The van der Waals surface area contributed by atoms with E-state index in [-0.39, 0.29) is 11.7 Å². The van der Waals surface area contributed by atoms with Crippen LogP contribution >= 0.6 is 0 Å². The number of hydrogen-bond acceptors (Lipinski definition) is 2. The Hall–Kier alpha value is -3.52. The molecule has 0 radical (unpaired) electrons. The van der Waals surface area contributed by atoms with Crippen LogP contribution in [-0.2, 0) is 6.18 Å². The second-order valence-corrected chi connectivity index (χ2v) is 6.17. The average molecular weight is 378 g/mol. The zero-order valence-corrected chi connectivity index (χ0v) is 14.8. The summed E-state index contributed by atoms with van der Waals surface area (Å²) >= 11 is 0. The van der Waals surface area contributed by atoms with Gasteiger partial charge in [-0.3, -0.25) is 0 Å². The summed E-state index contributed by atoms with van der Waals surface area (Å²) in [5, 5.41) is 12.1. The van der Waals surface area contributed by atoms with Crippen LogP contribution in [0.5, 0.6) is 0 Å². The Morgan fingerprint density at radius 3 is 2.14 bits per heavy atom. The molecule has 140 valence electrons. The third-order valence-corrected chi connectivity index (χ3v) is 4.21. The van der Waals surface area contributed by atoms with Gasteiger partial charge in [-0.15, -0.1) is 0 Å². The maximum absolute atomic E-state index is 13.3. The first-order chi connectivity index (χ1) is 13.5. The minimum absolute atomic E-state index is 0.290. The fourth-order valence-electron chi connectivity index (χ4n) is 2.82. The van der Waals surface area contributed by atoms with Crippen molar-refractivity contribution in [1.82, 2.24) is 0 Å². The van der Waals surface area contributed by atoms with Gasteiger partial charge in [0.2, 0.25) is 0 Å². The van der Waals surface area contributed by atoms with E-state index in [0.717, 1.165) is 17.2 Å². The summed E-state index contributed by atoms with van der Waals surface area (Å²) in [6, 6.07) is 24.0. The number of halogens is 3. The van der Waals surface area contributed by atoms with E-state index in [2.05, 4.69) is 5.32 Å². The summed E-state index contributed by atoms with van der Waals surface area (Å²) in [5.74, 6) is 0. The van der Waals surface area contributed by atoms with Gasteiger partial charge in [-0.1, -0.05) is 72.8 Å². The number of nitrogens with one attached hydrogen (secondary N) is 1. The summed E-state index contributed by atoms with van der Waals surface area (Å²) in [6.45, 7) is 0. The molecule has 3 aromatic rings. The molecule has 1 atom stereocenters. The van der Waals surface area contributed by atoms with Crippen molar-refractivity contribution in [1.29, 1.82) is 5.26 Å². The first kappa shape index (κ1) is 19.2. The molecule has 0 saturated carbocycles. The van der Waals surface area contributed by atoms with Crippen LogP contribution < -0.4 is 5.32 Å². The highest BCUT2D eigenvalue weighted by Gasteiger charge is 2.34. The van der Waals surface area contributed by atoms with Crippen molar-refractivity contribution in [3.63, 3.8) is 0 Å². The minimum atomic E-state index is -4.59. The number of benzene rings is 3. The largest absolute Gasteiger partial charge is 0.417 e. The predicted molar refractivity (Wildman–Crippen MR) is 104 cm³/mol. The minimum Gasteiger partial charge on any atom is -0.375 e. The topological polar surface area (TPSA) is 35.8 Å². The van der Waals surface area contributed by atoms with Crippen molar-refractivity contribution < 1.29 is 13.2 Å². The highest BCUT2D eigenvalue weighted by atomic mass is 19.4. The van der Waals surface area contributed by atoms with Crippen molar-refractivity contribution in [3.05, 3.63) is 107 Å². The molecule has 0 aliphatic heterocycles. The number of nitrogens with zero attached hydrogens (tertiary/aromatic N) is 1. The molecule has 0 amide bonds. The van der Waals surface area contributed by atoms with Gasteiger partial charge >= 0.3 is 6.18 Å². The lowest BCUT2D eigenvalue weighted by atomic mass is 10.0. The molecule has 28 heavy (non-hydrogen) atoms. The lowest BCUT2D eigenvalue weighted by Gasteiger charge is -2.19. The monoisotopic (exact) mass is 378 g/mol. The molecule has 0 saturated heterocycles. The van der Waals surface area contributed by atoms with E-state index in [1.807, 2.05) is 72.8 Å². The Morgan fingerprint density at radius 1 is 0.893 bits per heavy atom. The average Bonchev–Trinajstić information content (AvgIpc) is 2.71. The van der Waals surface area contributed by atoms with E-state index < -0.39 is 17.3 Å². The molecule has 0 aromatic heterocycles. The van der Waals surface area contributed by atoms with Crippen molar-refractivity contribution in [3.8, 4) is 6.07 Å². The molecule has 0 aliphatic rings. The molecule has 0 heterocycles. The number of anilines is 1. The summed E-state index contributed by atoms with van der Waals surface area (Å²) in [7, 11) is 0. The Bertz CT molecular complexity index is 988. The molecule has 0 aliphatic carbocycles. The van der Waals surface area contributed by atoms with Crippen LogP contribution in [0.1, 0.15) is 28.3 Å². The second-order valence-electron chi connectivity index (χ2n) is 6.17. The molecular weight excluding hydrogens is 361 g/mol. The van der Waals surface area contributed by atoms with E-state index in [4.69, 9.17) is 5.26 Å². The van der Waals surface area contributed by atoms with Gasteiger partial charge in [-0.2, -0.15) is 18.4 Å². The third kappa shape index (κ3) is 4.80. The lowest BCUT2D eigenvalue weighted by Crippen LogP contribution is -2.11. The highest BCUT2D eigenvalue weighted by molar-refractivity contribution is 5.57. The molecule has 3 rings (SSSR count). The lowest BCUT2D eigenvalue weighted by molar-refractivity contribution is -0.137. The van der Waals surface area contributed by atoms with E-state index >= 15 is 0 Å². The van der Waals surface area contributed by atoms with E-state index in [9.17, 15) is 13.2 Å². The fraction of sp³-hybridized carbons (Fsp3) is 0.0870. The summed E-state index contributed by atoms with van der Waals surface area (Å²) in [5.41, 5.74) is 0.847. The van der Waals surface area contributed by atoms with Crippen molar-refractivity contribution in [2.75, 3.05) is 5.32 Å². The maximum Gasteiger partial charge on any atom is 0.417 e. The van der Waals surface area contributed by atoms with Crippen LogP contribution in [0.15, 0.2) is 84.9 Å². The molecule has 5 heteroatoms. The van der Waals surface area contributed by atoms with Crippen LogP contribution in [0.25, 0.3) is 6.08 Å². The zero-order chi connectivity index (χ0) is 20.0. The molecule has 1 N–H and O–H groups in total. The number of nitriles is 1. The first-order valence-corrected chi connectivity index (χ1v) is 8.63. The van der Waals surface area contributed by atoms with Crippen LogP contribution in [-0.4, -0.2) is 0 Å². The molecule has 0 bridgehead atoms. The van der Waals surface area contributed by atoms with Crippen LogP contribution in [0.3, 0.4) is 0 Å². The summed E-state index contributed by atoms with van der Waals surface area (Å²) in [4.78, 5) is 0. The van der Waals surface area contributed by atoms with Crippen LogP contribution in [0, 0.1) is 11.3 Å². The van der Waals surface area contributed by atoms with Crippen molar-refractivity contribution in [2.24, 2.45) is 0 Å². The Kier molecular flexibility index (Phi) is 5.81. The Labute approximate surface area is 161 Å². The maximum atomic E-state index is 13.3. The SMILES string of the molecule is N#Cc1ccc(NC(/C=C/c2ccccc2)c2ccccc2)cc1C(F)(F)F. The smallest absolute Gasteiger partial charge is 0.375 e. The van der Waals surface area contributed by atoms with Crippen molar-refractivity contribution in [2.45, 2.75) is 12.2 Å². The Balaban J connectivity index is 1.94. The quantitative estimate of drug-likeness (QED) is 0.554. The summed E-state index contributed by atoms with van der Waals surface area (Å²) < 4.78 is 39.8. The van der Waals surface area contributed by atoms with Crippen molar-refractivity contribution >= 4 is 11.8 Å². The van der Waals surface area contributed by atoms with Crippen LogP contribution in [0.4, 0.5) is 18.9 Å². The van der Waals surface area contributed by atoms with E-state index in [1.54, 1.807) is 6.07 Å². The Morgan fingerprint density at radius 2 is 1.54 bits per heavy atom. The van der Waals surface area contributed by atoms with Gasteiger partial charge in [-0.25, -0.2) is 0 Å². The van der Waals surface area contributed by atoms with Gasteiger partial charge < -0.3 is 5.32 Å². The normalized spacial score (nSPS) is 12.5. The molecule has 0 spiro atoms. The zero-order valence-electron chi connectivity index (χ0n) is 14.8. The van der Waals surface area contributed by atoms with E-state index in [1.165, 1.54) is 12.1 Å². The van der Waals surface area contributed by atoms with Crippen LogP contribution in [0.2, 0.25) is 0 Å². The molecule has 0 fully saturated rings. The molecule has 2 nitrogen and oxygen atoms in total. The van der Waals surface area contributed by atoms with Gasteiger partial charge in [0.05, 0.1) is 23.2 Å². The number of alkyl halides is 3. The van der Waals surface area contributed by atoms with Gasteiger partial charge in [0.15, 0.2) is 0 Å². The third-order valence-electron chi connectivity index (χ3n) is 4.21. The molecular formula is C23H17F3N2. The standard InChI is InChI=1S/C23H17F3N2/c24-23(25,26)21-15-20(13-12-19(21)16-27)28-22(18-9-5-2-6-10-18)14-11-17-7-3-1-4-8-17/h1-15,22,28H/b14-11+. The van der Waals surface area contributed by atoms with Gasteiger partial charge in [0.1, 0.15) is 0 Å². The summed E-state index contributed by atoms with van der Waals surface area (Å²) in [6.07, 6.45) is -0.778. The highest BCUT2D eigenvalue weighted by Crippen LogP contribution is 2.34. The first-order valence-electron chi connectivity index (χ1n) is 8.63. The fourth-order valence-corrected chi connectivity index (χ4v) is 2.82. The van der Waals surface area contributed by atoms with Gasteiger partial charge in [0, 0.05) is 5.69 Å². The number of rotatable bonds is 5. The predicted octanol–water partition coefficient (Wildman–Crippen LogP) is 6.44.